The summed E-state index contributed by atoms with van der Waals surface area (Å²) in [6, 6.07) is 3.09. The lowest BCUT2D eigenvalue weighted by Crippen LogP contribution is -2.11. The summed E-state index contributed by atoms with van der Waals surface area (Å²) < 4.78 is 28.7. The maximum absolute atomic E-state index is 11.4. The Morgan fingerprint density at radius 1 is 1.50 bits per heavy atom. The average molecular weight is 308 g/mol. The van der Waals surface area contributed by atoms with Crippen LogP contribution in [0.15, 0.2) is 21.8 Å². The lowest BCUT2D eigenvalue weighted by atomic mass is 10.3. The van der Waals surface area contributed by atoms with E-state index >= 15 is 0 Å². The molecular formula is C10H14BrNO3S. The van der Waals surface area contributed by atoms with Crippen LogP contribution in [0.5, 0.6) is 5.75 Å². The van der Waals surface area contributed by atoms with Crippen molar-refractivity contribution in [1.29, 1.82) is 0 Å². The molecule has 0 fully saturated rings. The number of nitrogens with zero attached hydrogens (tertiary/aromatic N) is 1. The number of hydrogen-bond acceptors (Lipinski definition) is 4. The smallest absolute Gasteiger partial charge is 0.192 e. The van der Waals surface area contributed by atoms with Gasteiger partial charge in [0.2, 0.25) is 0 Å². The monoisotopic (exact) mass is 307 g/mol. The topological polar surface area (TPSA) is 56.3 Å². The zero-order valence-corrected chi connectivity index (χ0v) is 11.8. The highest BCUT2D eigenvalue weighted by atomic mass is 79.9. The molecular weight excluding hydrogens is 294 g/mol. The van der Waals surface area contributed by atoms with E-state index in [1.54, 1.807) is 6.07 Å². The number of pyridine rings is 1. The van der Waals surface area contributed by atoms with Crippen LogP contribution in [-0.4, -0.2) is 25.8 Å². The van der Waals surface area contributed by atoms with Crippen LogP contribution in [0.3, 0.4) is 0 Å². The van der Waals surface area contributed by atoms with E-state index in [-0.39, 0.29) is 11.1 Å². The Morgan fingerprint density at radius 3 is 2.62 bits per heavy atom. The molecule has 16 heavy (non-hydrogen) atoms. The van der Waals surface area contributed by atoms with Crippen LogP contribution in [0.2, 0.25) is 0 Å². The minimum Gasteiger partial charge on any atom is -0.491 e. The summed E-state index contributed by atoms with van der Waals surface area (Å²) in [5.41, 5.74) is 0. The molecule has 0 amide bonds. The number of ether oxygens (including phenoxy) is 1. The molecule has 1 aromatic heterocycles. The summed E-state index contributed by atoms with van der Waals surface area (Å²) in [6.45, 7) is 3.92. The van der Waals surface area contributed by atoms with E-state index in [0.717, 1.165) is 12.7 Å². The fourth-order valence-corrected chi connectivity index (χ4v) is 2.15. The van der Waals surface area contributed by atoms with Crippen LogP contribution in [-0.2, 0) is 9.84 Å². The van der Waals surface area contributed by atoms with E-state index in [2.05, 4.69) is 20.9 Å². The Labute approximate surface area is 104 Å². The predicted octanol–water partition coefficient (Wildman–Crippen LogP) is 2.42. The van der Waals surface area contributed by atoms with E-state index in [1.807, 2.05) is 13.8 Å². The zero-order valence-electron chi connectivity index (χ0n) is 9.40. The Balaban J connectivity index is 3.09. The van der Waals surface area contributed by atoms with Crippen LogP contribution in [0.4, 0.5) is 0 Å². The Hall–Kier alpha value is -0.620. The van der Waals surface area contributed by atoms with Crippen LogP contribution < -0.4 is 4.74 Å². The minimum absolute atomic E-state index is 0.0141. The molecule has 1 heterocycles. The zero-order chi connectivity index (χ0) is 12.3. The normalized spacial score (nSPS) is 13.5. The van der Waals surface area contributed by atoms with E-state index in [1.165, 1.54) is 6.07 Å². The van der Waals surface area contributed by atoms with Crippen LogP contribution in [0, 0.1) is 0 Å². The van der Waals surface area contributed by atoms with E-state index in [4.69, 9.17) is 4.74 Å². The molecule has 0 aliphatic rings. The summed E-state index contributed by atoms with van der Waals surface area (Å²) in [5, 5.41) is 0.0141. The van der Waals surface area contributed by atoms with Gasteiger partial charge < -0.3 is 4.74 Å². The molecule has 0 aliphatic heterocycles. The van der Waals surface area contributed by atoms with Crippen molar-refractivity contribution in [3.8, 4) is 5.75 Å². The molecule has 0 spiro atoms. The lowest BCUT2D eigenvalue weighted by Gasteiger charge is -2.13. The average Bonchev–Trinajstić information content (AvgIpc) is 2.15. The third kappa shape index (κ3) is 3.75. The molecule has 0 radical (unpaired) electrons. The van der Waals surface area contributed by atoms with E-state index < -0.39 is 9.84 Å². The highest BCUT2D eigenvalue weighted by Crippen LogP contribution is 2.22. The minimum atomic E-state index is -3.31. The van der Waals surface area contributed by atoms with Crippen molar-refractivity contribution in [2.24, 2.45) is 0 Å². The van der Waals surface area contributed by atoms with Gasteiger partial charge in [-0.2, -0.15) is 0 Å². The highest BCUT2D eigenvalue weighted by molar-refractivity contribution is 9.10. The number of hydrogen-bond donors (Lipinski definition) is 0. The molecule has 0 saturated heterocycles. The highest BCUT2D eigenvalue weighted by Gasteiger charge is 2.13. The van der Waals surface area contributed by atoms with Gasteiger partial charge in [-0.3, -0.25) is 0 Å². The van der Waals surface area contributed by atoms with E-state index in [0.29, 0.717) is 10.4 Å². The molecule has 0 bridgehead atoms. The van der Waals surface area contributed by atoms with Gasteiger partial charge in [0.1, 0.15) is 10.4 Å². The van der Waals surface area contributed by atoms with Gasteiger partial charge in [0.25, 0.3) is 0 Å². The molecule has 1 unspecified atom stereocenters. The second-order valence-electron chi connectivity index (χ2n) is 3.57. The summed E-state index contributed by atoms with van der Waals surface area (Å²) in [7, 11) is -3.31. The summed E-state index contributed by atoms with van der Waals surface area (Å²) >= 11 is 3.16. The third-order valence-electron chi connectivity index (χ3n) is 2.04. The molecule has 90 valence electrons. The Morgan fingerprint density at radius 2 is 2.12 bits per heavy atom. The quantitative estimate of drug-likeness (QED) is 0.802. The van der Waals surface area contributed by atoms with Crippen molar-refractivity contribution in [2.75, 3.05) is 6.26 Å². The number of aromatic nitrogens is 1. The first-order chi connectivity index (χ1) is 7.32. The van der Waals surface area contributed by atoms with Crippen molar-refractivity contribution < 1.29 is 13.2 Å². The van der Waals surface area contributed by atoms with Gasteiger partial charge in [0.05, 0.1) is 6.10 Å². The van der Waals surface area contributed by atoms with Crippen molar-refractivity contribution in [2.45, 2.75) is 31.4 Å². The Kier molecular flexibility index (Phi) is 4.32. The Bertz CT molecular complexity index is 473. The molecule has 0 saturated carbocycles. The number of sulfone groups is 1. The van der Waals surface area contributed by atoms with Crippen LogP contribution in [0.25, 0.3) is 0 Å². The molecule has 1 atom stereocenters. The number of rotatable bonds is 4. The lowest BCUT2D eigenvalue weighted by molar-refractivity contribution is 0.216. The molecule has 1 aromatic rings. The van der Waals surface area contributed by atoms with Gasteiger partial charge in [-0.25, -0.2) is 13.4 Å². The van der Waals surface area contributed by atoms with Crippen molar-refractivity contribution >= 4 is 25.8 Å². The third-order valence-corrected chi connectivity index (χ3v) is 3.41. The predicted molar refractivity (Wildman–Crippen MR) is 65.4 cm³/mol. The molecule has 4 nitrogen and oxygen atoms in total. The van der Waals surface area contributed by atoms with Crippen molar-refractivity contribution in [3.63, 3.8) is 0 Å². The molecule has 0 aromatic carbocycles. The van der Waals surface area contributed by atoms with Crippen molar-refractivity contribution in [1.82, 2.24) is 4.98 Å². The molecule has 1 rings (SSSR count). The fourth-order valence-electron chi connectivity index (χ4n) is 1.02. The summed E-state index contributed by atoms with van der Waals surface area (Å²) in [5.74, 6) is 0.511. The van der Waals surface area contributed by atoms with Gasteiger partial charge in [-0.1, -0.05) is 6.92 Å². The van der Waals surface area contributed by atoms with Gasteiger partial charge in [-0.05, 0) is 29.3 Å². The molecule has 6 heteroatoms. The second kappa shape index (κ2) is 5.14. The largest absolute Gasteiger partial charge is 0.491 e. The first kappa shape index (κ1) is 13.4. The van der Waals surface area contributed by atoms with Crippen LogP contribution >= 0.6 is 15.9 Å². The molecule has 0 aliphatic carbocycles. The standard InChI is InChI=1S/C10H14BrNO3S/c1-4-7(2)15-8-5-9(11)12-10(6-8)16(3,13)14/h5-7H,4H2,1-3H3. The van der Waals surface area contributed by atoms with Gasteiger partial charge in [0.15, 0.2) is 14.9 Å². The maximum Gasteiger partial charge on any atom is 0.192 e. The van der Waals surface area contributed by atoms with Crippen molar-refractivity contribution in [3.05, 3.63) is 16.7 Å². The fraction of sp³-hybridized carbons (Fsp3) is 0.500. The summed E-state index contributed by atoms with van der Waals surface area (Å²) in [6.07, 6.45) is 2.02. The van der Waals surface area contributed by atoms with Gasteiger partial charge in [-0.15, -0.1) is 0 Å². The van der Waals surface area contributed by atoms with E-state index in [9.17, 15) is 8.42 Å². The maximum atomic E-state index is 11.4. The first-order valence-electron chi connectivity index (χ1n) is 4.87. The second-order valence-corrected chi connectivity index (χ2v) is 6.35. The van der Waals surface area contributed by atoms with Gasteiger partial charge >= 0.3 is 0 Å². The van der Waals surface area contributed by atoms with Gasteiger partial charge in [0, 0.05) is 18.4 Å². The summed E-state index contributed by atoms with van der Waals surface area (Å²) in [4.78, 5) is 3.89. The first-order valence-corrected chi connectivity index (χ1v) is 7.55. The number of halogens is 1. The molecule has 0 N–H and O–H groups in total. The SMILES string of the molecule is CCC(C)Oc1cc(Br)nc(S(C)(=O)=O)c1. The van der Waals surface area contributed by atoms with Crippen LogP contribution in [0.1, 0.15) is 20.3 Å².